The van der Waals surface area contributed by atoms with Crippen LogP contribution in [-0.2, 0) is 0 Å². The molecule has 58 heavy (non-hydrogen) atoms. The maximum Gasteiger partial charge on any atom is 0.160 e. The summed E-state index contributed by atoms with van der Waals surface area (Å²) in [6.45, 7) is 0. The zero-order valence-electron chi connectivity index (χ0n) is 31.1. The van der Waals surface area contributed by atoms with Crippen molar-refractivity contribution in [1.29, 1.82) is 0 Å². The summed E-state index contributed by atoms with van der Waals surface area (Å²) in [4.78, 5) is 15.4. The van der Waals surface area contributed by atoms with Crippen molar-refractivity contribution in [2.45, 2.75) is 0 Å². The fraction of sp³-hybridized carbons (Fsp3) is 0. The molecule has 0 aliphatic carbocycles. The number of thiophene rings is 1. The van der Waals surface area contributed by atoms with Crippen LogP contribution in [0, 0.1) is 0 Å². The lowest BCUT2D eigenvalue weighted by Gasteiger charge is -2.11. The van der Waals surface area contributed by atoms with Gasteiger partial charge in [0, 0.05) is 69.4 Å². The fourth-order valence-electron chi connectivity index (χ4n) is 8.44. The summed E-state index contributed by atoms with van der Waals surface area (Å²) >= 11 is 1.87. The van der Waals surface area contributed by atoms with Gasteiger partial charge in [-0.05, 0) is 53.6 Å². The standard InChI is InChI=1S/C53H31N3OS/c1-3-11-33(12-4-1)45-31-46(56-53(55-45)37-23-25-39-38-15-8-10-18-47(38)57-48(39)30-37)34-21-19-32(20-22-34)36-24-28-49-43(29-36)40-26-27-42-50(52(40)58-49)41-16-7-9-17-44(41)54-51(42)35-13-5-2-6-14-35/h1-31H. The van der Waals surface area contributed by atoms with Crippen LogP contribution in [0.3, 0.4) is 0 Å². The second-order valence-corrected chi connectivity index (χ2v) is 15.8. The zero-order valence-corrected chi connectivity index (χ0v) is 31.9. The quantitative estimate of drug-likeness (QED) is 0.164. The Morgan fingerprint density at radius 2 is 0.966 bits per heavy atom. The van der Waals surface area contributed by atoms with Gasteiger partial charge in [0.05, 0.1) is 22.6 Å². The maximum absolute atomic E-state index is 6.24. The van der Waals surface area contributed by atoms with Crippen molar-refractivity contribution in [1.82, 2.24) is 15.0 Å². The SMILES string of the molecule is c1ccc(-c2cc(-c3ccc(-c4ccc5sc6c(ccc7c(-c8ccccc8)nc8ccccc8c76)c5c4)cc3)nc(-c3ccc4c(c3)oc3ccccc34)n2)cc1. The van der Waals surface area contributed by atoms with Gasteiger partial charge in [0.2, 0.25) is 0 Å². The third kappa shape index (κ3) is 5.32. The third-order valence-corrected chi connectivity index (χ3v) is 12.5. The fourth-order valence-corrected chi connectivity index (χ4v) is 9.69. The van der Waals surface area contributed by atoms with Gasteiger partial charge < -0.3 is 4.42 Å². The first-order valence-corrected chi connectivity index (χ1v) is 20.2. The topological polar surface area (TPSA) is 51.8 Å². The molecule has 0 radical (unpaired) electrons. The summed E-state index contributed by atoms with van der Waals surface area (Å²) in [5.74, 6) is 0.657. The highest BCUT2D eigenvalue weighted by molar-refractivity contribution is 7.26. The number of furan rings is 1. The third-order valence-electron chi connectivity index (χ3n) is 11.3. The van der Waals surface area contributed by atoms with E-state index < -0.39 is 0 Å². The molecule has 0 saturated heterocycles. The van der Waals surface area contributed by atoms with Crippen molar-refractivity contribution < 1.29 is 4.42 Å². The minimum Gasteiger partial charge on any atom is -0.456 e. The molecule has 0 amide bonds. The van der Waals surface area contributed by atoms with Crippen LogP contribution in [0.4, 0.5) is 0 Å². The first-order chi connectivity index (χ1) is 28.7. The zero-order chi connectivity index (χ0) is 38.2. The predicted octanol–water partition coefficient (Wildman–Crippen LogP) is 14.8. The molecule has 270 valence electrons. The van der Waals surface area contributed by atoms with Crippen LogP contribution in [0.25, 0.3) is 120 Å². The smallest absolute Gasteiger partial charge is 0.160 e. The highest BCUT2D eigenvalue weighted by Crippen LogP contribution is 2.44. The molecule has 5 heteroatoms. The second-order valence-electron chi connectivity index (χ2n) is 14.7. The van der Waals surface area contributed by atoms with E-state index >= 15 is 0 Å². The molecule has 0 atom stereocenters. The Labute approximate surface area is 337 Å². The average Bonchev–Trinajstić information content (AvgIpc) is 3.87. The van der Waals surface area contributed by atoms with Gasteiger partial charge in [-0.1, -0.05) is 146 Å². The molecule has 4 heterocycles. The molecule has 4 nitrogen and oxygen atoms in total. The number of hydrogen-bond acceptors (Lipinski definition) is 5. The van der Waals surface area contributed by atoms with Crippen LogP contribution in [0.1, 0.15) is 0 Å². The predicted molar refractivity (Wildman–Crippen MR) is 242 cm³/mol. The van der Waals surface area contributed by atoms with Crippen molar-refractivity contribution in [2.24, 2.45) is 0 Å². The molecule has 0 saturated carbocycles. The van der Waals surface area contributed by atoms with Crippen LogP contribution in [0.2, 0.25) is 0 Å². The number of aromatic nitrogens is 3. The number of pyridine rings is 1. The normalized spacial score (nSPS) is 11.8. The van der Waals surface area contributed by atoms with Crippen molar-refractivity contribution in [3.8, 4) is 56.3 Å². The van der Waals surface area contributed by atoms with E-state index in [-0.39, 0.29) is 0 Å². The molecular formula is C53H31N3OS. The summed E-state index contributed by atoms with van der Waals surface area (Å²) in [6, 6.07) is 66.0. The monoisotopic (exact) mass is 757 g/mol. The van der Waals surface area contributed by atoms with Crippen molar-refractivity contribution in [2.75, 3.05) is 0 Å². The summed E-state index contributed by atoms with van der Waals surface area (Å²) in [7, 11) is 0. The lowest BCUT2D eigenvalue weighted by atomic mass is 9.97. The largest absolute Gasteiger partial charge is 0.456 e. The summed E-state index contributed by atoms with van der Waals surface area (Å²) in [6.07, 6.45) is 0. The molecule has 4 aromatic heterocycles. The maximum atomic E-state index is 6.24. The van der Waals surface area contributed by atoms with Gasteiger partial charge >= 0.3 is 0 Å². The van der Waals surface area contributed by atoms with Gasteiger partial charge in [-0.3, -0.25) is 0 Å². The minimum atomic E-state index is 0.657. The molecule has 12 rings (SSSR count). The molecule has 0 unspecified atom stereocenters. The van der Waals surface area contributed by atoms with Crippen molar-refractivity contribution in [3.63, 3.8) is 0 Å². The Balaban J connectivity index is 0.952. The van der Waals surface area contributed by atoms with E-state index in [0.717, 1.165) is 72.4 Å². The summed E-state index contributed by atoms with van der Waals surface area (Å²) in [5, 5.41) is 8.35. The van der Waals surface area contributed by atoms with Gasteiger partial charge in [0.25, 0.3) is 0 Å². The molecule has 0 bridgehead atoms. The van der Waals surface area contributed by atoms with Gasteiger partial charge in [0.1, 0.15) is 11.2 Å². The number of para-hydroxylation sites is 2. The van der Waals surface area contributed by atoms with Gasteiger partial charge in [0.15, 0.2) is 5.82 Å². The minimum absolute atomic E-state index is 0.657. The Hall–Kier alpha value is -7.47. The van der Waals surface area contributed by atoms with Crippen LogP contribution in [0.5, 0.6) is 0 Å². The second kappa shape index (κ2) is 13.1. The van der Waals surface area contributed by atoms with Crippen molar-refractivity contribution in [3.05, 3.63) is 188 Å². The van der Waals surface area contributed by atoms with E-state index in [1.807, 2.05) is 47.7 Å². The molecule has 12 aromatic rings. The Morgan fingerprint density at radius 1 is 0.362 bits per heavy atom. The van der Waals surface area contributed by atoms with Crippen LogP contribution >= 0.6 is 11.3 Å². The average molecular weight is 758 g/mol. The Morgan fingerprint density at radius 3 is 1.78 bits per heavy atom. The molecule has 8 aromatic carbocycles. The van der Waals surface area contributed by atoms with E-state index in [0.29, 0.717) is 5.82 Å². The molecule has 0 aliphatic rings. The van der Waals surface area contributed by atoms with Crippen LogP contribution < -0.4 is 0 Å². The molecular weight excluding hydrogens is 727 g/mol. The summed E-state index contributed by atoms with van der Waals surface area (Å²) in [5.41, 5.74) is 11.9. The van der Waals surface area contributed by atoms with Crippen LogP contribution in [-0.4, -0.2) is 15.0 Å². The van der Waals surface area contributed by atoms with E-state index in [2.05, 4.69) is 152 Å². The van der Waals surface area contributed by atoms with Crippen LogP contribution in [0.15, 0.2) is 192 Å². The van der Waals surface area contributed by atoms with E-state index in [1.54, 1.807) is 0 Å². The lowest BCUT2D eigenvalue weighted by molar-refractivity contribution is 0.669. The van der Waals surface area contributed by atoms with Crippen molar-refractivity contribution >= 4 is 75.1 Å². The molecule has 0 aliphatic heterocycles. The van der Waals surface area contributed by atoms with Gasteiger partial charge in [-0.15, -0.1) is 11.3 Å². The van der Waals surface area contributed by atoms with E-state index in [4.69, 9.17) is 19.4 Å². The van der Waals surface area contributed by atoms with E-state index in [1.165, 1.54) is 41.9 Å². The first kappa shape index (κ1) is 32.7. The highest BCUT2D eigenvalue weighted by atomic mass is 32.1. The first-order valence-electron chi connectivity index (χ1n) is 19.4. The highest BCUT2D eigenvalue weighted by Gasteiger charge is 2.18. The Bertz CT molecular complexity index is 3550. The van der Waals surface area contributed by atoms with E-state index in [9.17, 15) is 0 Å². The number of hydrogen-bond donors (Lipinski definition) is 0. The Kier molecular flexibility index (Phi) is 7.37. The number of rotatable bonds is 5. The summed E-state index contributed by atoms with van der Waals surface area (Å²) < 4.78 is 8.81. The number of nitrogens with zero attached hydrogens (tertiary/aromatic N) is 3. The molecule has 0 fully saturated rings. The molecule has 0 N–H and O–H groups in total. The number of fused-ring (bicyclic) bond motifs is 10. The van der Waals surface area contributed by atoms with Gasteiger partial charge in [-0.2, -0.15) is 0 Å². The van der Waals surface area contributed by atoms with Gasteiger partial charge in [-0.25, -0.2) is 15.0 Å². The molecule has 0 spiro atoms. The number of benzene rings is 8. The lowest BCUT2D eigenvalue weighted by Crippen LogP contribution is -1.96.